The number of thioether (sulfide) groups is 1. The Kier molecular flexibility index (Phi) is 6.48. The van der Waals surface area contributed by atoms with E-state index in [1.165, 1.54) is 11.8 Å². The van der Waals surface area contributed by atoms with Crippen molar-refractivity contribution in [2.75, 3.05) is 0 Å². The fourth-order valence-electron chi connectivity index (χ4n) is 3.38. The highest BCUT2D eigenvalue weighted by Crippen LogP contribution is 2.27. The fourth-order valence-corrected chi connectivity index (χ4v) is 4.20. The Morgan fingerprint density at radius 1 is 0.839 bits per heavy atom. The molecule has 4 aromatic rings. The molecule has 0 saturated carbocycles. The lowest BCUT2D eigenvalue weighted by atomic mass is 9.98. The average Bonchev–Trinajstić information content (AvgIpc) is 3.19. The summed E-state index contributed by atoms with van der Waals surface area (Å²) in [5.41, 5.74) is 3.09. The zero-order chi connectivity index (χ0) is 21.6. The molecule has 1 N–H and O–H groups in total. The van der Waals surface area contributed by atoms with Gasteiger partial charge in [0.25, 0.3) is 0 Å². The quantitative estimate of drug-likeness (QED) is 0.427. The monoisotopic (exact) mass is 428 g/mol. The van der Waals surface area contributed by atoms with E-state index in [9.17, 15) is 4.79 Å². The van der Waals surface area contributed by atoms with Gasteiger partial charge in [-0.15, -0.1) is 10.2 Å². The summed E-state index contributed by atoms with van der Waals surface area (Å²) < 4.78 is 1.93. The van der Waals surface area contributed by atoms with Gasteiger partial charge in [-0.1, -0.05) is 103 Å². The number of hydrogen-bond donors (Lipinski definition) is 1. The maximum Gasteiger partial charge on any atom is 0.234 e. The van der Waals surface area contributed by atoms with Gasteiger partial charge in [0, 0.05) is 12.6 Å². The maximum atomic E-state index is 13.1. The molecule has 0 bridgehead atoms. The molecule has 0 aliphatic rings. The van der Waals surface area contributed by atoms with Crippen LogP contribution in [0.1, 0.15) is 24.1 Å². The fraction of sp³-hybridized carbons (Fsp3) is 0.160. The first kappa shape index (κ1) is 20.9. The lowest BCUT2D eigenvalue weighted by Crippen LogP contribution is -2.35. The van der Waals surface area contributed by atoms with Gasteiger partial charge in [-0.3, -0.25) is 4.79 Å². The van der Waals surface area contributed by atoms with Crippen molar-refractivity contribution in [1.82, 2.24) is 20.1 Å². The van der Waals surface area contributed by atoms with Gasteiger partial charge >= 0.3 is 0 Å². The molecule has 0 radical (unpaired) electrons. The molecule has 6 heteroatoms. The second kappa shape index (κ2) is 9.62. The van der Waals surface area contributed by atoms with Crippen LogP contribution in [-0.2, 0) is 11.8 Å². The second-order valence-electron chi connectivity index (χ2n) is 7.25. The van der Waals surface area contributed by atoms with Crippen molar-refractivity contribution in [1.29, 1.82) is 0 Å². The summed E-state index contributed by atoms with van der Waals surface area (Å²) in [7, 11) is 1.92. The van der Waals surface area contributed by atoms with Crippen molar-refractivity contribution in [3.63, 3.8) is 0 Å². The van der Waals surface area contributed by atoms with Gasteiger partial charge in [-0.2, -0.15) is 0 Å². The average molecular weight is 429 g/mol. The molecule has 0 spiro atoms. The first-order valence-electron chi connectivity index (χ1n) is 10.1. The zero-order valence-electron chi connectivity index (χ0n) is 17.5. The van der Waals surface area contributed by atoms with E-state index in [0.29, 0.717) is 5.16 Å². The van der Waals surface area contributed by atoms with Crippen molar-refractivity contribution >= 4 is 17.7 Å². The molecule has 0 fully saturated rings. The number of nitrogens with one attached hydrogen (secondary N) is 1. The van der Waals surface area contributed by atoms with Crippen LogP contribution in [0.4, 0.5) is 0 Å². The third-order valence-electron chi connectivity index (χ3n) is 5.07. The smallest absolute Gasteiger partial charge is 0.234 e. The van der Waals surface area contributed by atoms with Crippen molar-refractivity contribution in [2.24, 2.45) is 7.05 Å². The molecule has 31 heavy (non-hydrogen) atoms. The van der Waals surface area contributed by atoms with Crippen molar-refractivity contribution in [2.45, 2.75) is 23.4 Å². The molecule has 0 saturated heterocycles. The number of carbonyl (C=O) groups is 1. The number of nitrogens with zero attached hydrogens (tertiary/aromatic N) is 3. The first-order valence-corrected chi connectivity index (χ1v) is 11.0. The van der Waals surface area contributed by atoms with Gasteiger partial charge in [0.1, 0.15) is 0 Å². The van der Waals surface area contributed by atoms with Crippen LogP contribution in [0.3, 0.4) is 0 Å². The zero-order valence-corrected chi connectivity index (χ0v) is 18.3. The van der Waals surface area contributed by atoms with E-state index in [0.717, 1.165) is 22.5 Å². The van der Waals surface area contributed by atoms with Crippen LogP contribution in [0.5, 0.6) is 0 Å². The van der Waals surface area contributed by atoms with E-state index < -0.39 is 0 Å². The highest BCUT2D eigenvalue weighted by Gasteiger charge is 2.23. The Bertz CT molecular complexity index is 1090. The predicted molar refractivity (Wildman–Crippen MR) is 125 cm³/mol. The van der Waals surface area contributed by atoms with Crippen molar-refractivity contribution in [3.8, 4) is 11.4 Å². The summed E-state index contributed by atoms with van der Waals surface area (Å²) in [4.78, 5) is 13.1. The maximum absolute atomic E-state index is 13.1. The van der Waals surface area contributed by atoms with Crippen LogP contribution in [0.25, 0.3) is 11.4 Å². The van der Waals surface area contributed by atoms with Crippen LogP contribution in [-0.4, -0.2) is 25.9 Å². The largest absolute Gasteiger partial charge is 0.344 e. The Hall–Kier alpha value is -3.38. The molecular formula is C25H24N4OS. The lowest BCUT2D eigenvalue weighted by molar-refractivity contribution is -0.120. The second-order valence-corrected chi connectivity index (χ2v) is 8.56. The molecule has 156 valence electrons. The van der Waals surface area contributed by atoms with Crippen LogP contribution >= 0.6 is 11.8 Å². The lowest BCUT2D eigenvalue weighted by Gasteiger charge is -2.22. The van der Waals surface area contributed by atoms with Gasteiger partial charge in [0.2, 0.25) is 5.91 Å². The van der Waals surface area contributed by atoms with E-state index in [1.807, 2.05) is 110 Å². The van der Waals surface area contributed by atoms with E-state index >= 15 is 0 Å². The van der Waals surface area contributed by atoms with E-state index in [1.54, 1.807) is 0 Å². The third-order valence-corrected chi connectivity index (χ3v) is 6.20. The predicted octanol–water partition coefficient (Wildman–Crippen LogP) is 4.87. The van der Waals surface area contributed by atoms with Crippen LogP contribution in [0, 0.1) is 0 Å². The first-order chi connectivity index (χ1) is 15.1. The normalized spacial score (nSPS) is 12.0. The van der Waals surface area contributed by atoms with Gasteiger partial charge in [-0.05, 0) is 18.1 Å². The number of hydrogen-bond acceptors (Lipinski definition) is 4. The summed E-state index contributed by atoms with van der Waals surface area (Å²) in [5.74, 6) is 0.731. The van der Waals surface area contributed by atoms with Gasteiger partial charge in [0.05, 0.1) is 11.3 Å². The van der Waals surface area contributed by atoms with Gasteiger partial charge < -0.3 is 9.88 Å². The molecule has 0 aliphatic carbocycles. The molecule has 1 aromatic heterocycles. The number of rotatable bonds is 7. The summed E-state index contributed by atoms with van der Waals surface area (Å²) in [6, 6.07) is 29.7. The number of carbonyl (C=O) groups excluding carboxylic acids is 1. The highest BCUT2D eigenvalue weighted by molar-refractivity contribution is 8.00. The molecule has 4 rings (SSSR count). The van der Waals surface area contributed by atoms with E-state index in [2.05, 4.69) is 15.5 Å². The van der Waals surface area contributed by atoms with Gasteiger partial charge in [-0.25, -0.2) is 0 Å². The molecule has 1 heterocycles. The number of benzene rings is 3. The highest BCUT2D eigenvalue weighted by atomic mass is 32.2. The topological polar surface area (TPSA) is 59.8 Å². The minimum Gasteiger partial charge on any atom is -0.344 e. The molecule has 1 amide bonds. The SMILES string of the molecule is C[C@H](Sc1nnc(-c2ccccc2)n1C)C(=O)NC(c1ccccc1)c1ccccc1. The minimum absolute atomic E-state index is 0.0491. The Labute approximate surface area is 186 Å². The Morgan fingerprint density at radius 2 is 1.35 bits per heavy atom. The molecule has 1 atom stereocenters. The summed E-state index contributed by atoms with van der Waals surface area (Å²) >= 11 is 1.40. The summed E-state index contributed by atoms with van der Waals surface area (Å²) in [6.07, 6.45) is 0. The van der Waals surface area contributed by atoms with Crippen molar-refractivity contribution < 1.29 is 4.79 Å². The van der Waals surface area contributed by atoms with Gasteiger partial charge in [0.15, 0.2) is 11.0 Å². The molecule has 0 aliphatic heterocycles. The molecular weight excluding hydrogens is 404 g/mol. The Balaban J connectivity index is 1.51. The molecule has 5 nitrogen and oxygen atoms in total. The van der Waals surface area contributed by atoms with Crippen LogP contribution < -0.4 is 5.32 Å². The van der Waals surface area contributed by atoms with Crippen LogP contribution in [0.2, 0.25) is 0 Å². The minimum atomic E-state index is -0.332. The van der Waals surface area contributed by atoms with Crippen molar-refractivity contribution in [3.05, 3.63) is 102 Å². The number of amides is 1. The third kappa shape index (κ3) is 4.86. The van der Waals surface area contributed by atoms with E-state index in [-0.39, 0.29) is 17.2 Å². The van der Waals surface area contributed by atoms with E-state index in [4.69, 9.17) is 0 Å². The summed E-state index contributed by atoms with van der Waals surface area (Å²) in [6.45, 7) is 1.89. The van der Waals surface area contributed by atoms with Crippen LogP contribution in [0.15, 0.2) is 96.2 Å². The standard InChI is InChI=1S/C25H24N4OS/c1-18(31-25-28-27-23(29(25)2)21-16-10-5-11-17-21)24(30)26-22(19-12-6-3-7-13-19)20-14-8-4-9-15-20/h3-18,22H,1-2H3,(H,26,30)/t18-/m0/s1. The Morgan fingerprint density at radius 3 is 1.90 bits per heavy atom. The molecule has 0 unspecified atom stereocenters. The molecule has 3 aromatic carbocycles. The number of aromatic nitrogens is 3. The summed E-state index contributed by atoms with van der Waals surface area (Å²) in [5, 5.41) is 12.2.